The Labute approximate surface area is 88.1 Å². The second-order valence-electron chi connectivity index (χ2n) is 3.35. The first-order chi connectivity index (χ1) is 7.13. The largest absolute Gasteiger partial charge is 0.373 e. The fourth-order valence-corrected chi connectivity index (χ4v) is 1.38. The molecule has 0 saturated carbocycles. The van der Waals surface area contributed by atoms with Gasteiger partial charge in [-0.2, -0.15) is 0 Å². The zero-order chi connectivity index (χ0) is 11.3. The van der Waals surface area contributed by atoms with E-state index < -0.39 is 6.43 Å². The van der Waals surface area contributed by atoms with Crippen LogP contribution in [-0.4, -0.2) is 36.9 Å². The summed E-state index contributed by atoms with van der Waals surface area (Å²) in [6, 6.07) is 3.67. The molecule has 0 saturated heterocycles. The number of nitrogens with zero attached hydrogens (tertiary/aromatic N) is 2. The lowest BCUT2D eigenvalue weighted by Crippen LogP contribution is -2.24. The number of anilines is 1. The maximum Gasteiger partial charge on any atom is 0.251 e. The number of nitrogens with one attached hydrogen (secondary N) is 1. The van der Waals surface area contributed by atoms with Crippen LogP contribution >= 0.6 is 0 Å². The fraction of sp³-hybridized carbons (Fsp3) is 0.500. The molecule has 0 aliphatic heterocycles. The highest BCUT2D eigenvalue weighted by molar-refractivity contribution is 5.42. The molecule has 0 aliphatic rings. The molecule has 0 amide bonds. The first-order valence-electron chi connectivity index (χ1n) is 4.72. The molecular weight excluding hydrogens is 200 g/mol. The number of hydrogen-bond donors (Lipinski definition) is 1. The smallest absolute Gasteiger partial charge is 0.251 e. The number of pyridine rings is 1. The van der Waals surface area contributed by atoms with Crippen LogP contribution in [0.3, 0.4) is 0 Å². The Morgan fingerprint density at radius 2 is 2.27 bits per heavy atom. The van der Waals surface area contributed by atoms with Gasteiger partial charge in [-0.15, -0.1) is 0 Å². The monoisotopic (exact) mass is 215 g/mol. The van der Waals surface area contributed by atoms with Gasteiger partial charge in [-0.25, -0.2) is 13.8 Å². The summed E-state index contributed by atoms with van der Waals surface area (Å²) in [6.45, 7) is 0.242. The predicted octanol–water partition coefficient (Wildman–Crippen LogP) is 1.82. The number of alkyl halides is 2. The van der Waals surface area contributed by atoms with Gasteiger partial charge in [0, 0.05) is 25.4 Å². The van der Waals surface area contributed by atoms with E-state index in [1.165, 1.54) is 0 Å². The molecule has 84 valence electrons. The first-order valence-corrected chi connectivity index (χ1v) is 4.72. The summed E-state index contributed by atoms with van der Waals surface area (Å²) < 4.78 is 24.2. The van der Waals surface area contributed by atoms with E-state index in [0.717, 1.165) is 11.4 Å². The quantitative estimate of drug-likeness (QED) is 0.812. The second kappa shape index (κ2) is 5.60. The van der Waals surface area contributed by atoms with E-state index >= 15 is 0 Å². The summed E-state index contributed by atoms with van der Waals surface area (Å²) >= 11 is 0. The van der Waals surface area contributed by atoms with Gasteiger partial charge in [0.25, 0.3) is 6.43 Å². The topological polar surface area (TPSA) is 28.2 Å². The van der Waals surface area contributed by atoms with Crippen molar-refractivity contribution < 1.29 is 8.78 Å². The van der Waals surface area contributed by atoms with E-state index in [4.69, 9.17) is 0 Å². The predicted molar refractivity (Wildman–Crippen MR) is 56.1 cm³/mol. The van der Waals surface area contributed by atoms with Crippen LogP contribution in [0, 0.1) is 0 Å². The zero-order valence-corrected chi connectivity index (χ0v) is 8.87. The maximum absolute atomic E-state index is 12.1. The number of hydrogen-bond acceptors (Lipinski definition) is 3. The molecule has 5 heteroatoms. The van der Waals surface area contributed by atoms with E-state index in [1.807, 2.05) is 6.07 Å². The van der Waals surface area contributed by atoms with Crippen LogP contribution < -0.4 is 5.32 Å². The molecule has 0 spiro atoms. The van der Waals surface area contributed by atoms with E-state index in [0.29, 0.717) is 6.54 Å². The van der Waals surface area contributed by atoms with Crippen LogP contribution in [0.4, 0.5) is 14.6 Å². The average molecular weight is 215 g/mol. The summed E-state index contributed by atoms with van der Waals surface area (Å²) in [5.74, 6) is 0.735. The SMILES string of the molecule is CNc1ncccc1CN(C)CC(F)F. The molecule has 0 atom stereocenters. The molecule has 0 radical (unpaired) electrons. The molecule has 1 heterocycles. The van der Waals surface area contributed by atoms with Crippen LogP contribution in [0.1, 0.15) is 5.56 Å². The maximum atomic E-state index is 12.1. The minimum Gasteiger partial charge on any atom is -0.373 e. The Bertz CT molecular complexity index is 304. The second-order valence-corrected chi connectivity index (χ2v) is 3.35. The van der Waals surface area contributed by atoms with Crippen molar-refractivity contribution in [3.63, 3.8) is 0 Å². The van der Waals surface area contributed by atoms with Crippen LogP contribution in [0.5, 0.6) is 0 Å². The van der Waals surface area contributed by atoms with Gasteiger partial charge in [0.1, 0.15) is 5.82 Å². The van der Waals surface area contributed by atoms with E-state index in [-0.39, 0.29) is 6.54 Å². The van der Waals surface area contributed by atoms with Gasteiger partial charge in [-0.3, -0.25) is 4.90 Å². The first kappa shape index (κ1) is 11.8. The van der Waals surface area contributed by atoms with E-state index in [1.54, 1.807) is 31.3 Å². The Balaban J connectivity index is 2.63. The Hall–Kier alpha value is -1.23. The number of rotatable bonds is 5. The Kier molecular flexibility index (Phi) is 4.42. The third-order valence-corrected chi connectivity index (χ3v) is 2.02. The van der Waals surface area contributed by atoms with Gasteiger partial charge in [0.15, 0.2) is 0 Å². The van der Waals surface area contributed by atoms with Gasteiger partial charge in [0.2, 0.25) is 0 Å². The van der Waals surface area contributed by atoms with Crippen molar-refractivity contribution in [3.8, 4) is 0 Å². The third-order valence-electron chi connectivity index (χ3n) is 2.02. The normalized spacial score (nSPS) is 11.1. The van der Waals surface area contributed by atoms with Crippen molar-refractivity contribution in [2.24, 2.45) is 0 Å². The van der Waals surface area contributed by atoms with Crippen molar-refractivity contribution in [2.75, 3.05) is 26.0 Å². The van der Waals surface area contributed by atoms with Crippen molar-refractivity contribution in [1.82, 2.24) is 9.88 Å². The van der Waals surface area contributed by atoms with Gasteiger partial charge in [-0.05, 0) is 13.1 Å². The molecule has 1 N–H and O–H groups in total. The van der Waals surface area contributed by atoms with Crippen molar-refractivity contribution in [2.45, 2.75) is 13.0 Å². The molecule has 15 heavy (non-hydrogen) atoms. The summed E-state index contributed by atoms with van der Waals surface area (Å²) in [6.07, 6.45) is -0.632. The average Bonchev–Trinajstić information content (AvgIpc) is 2.17. The molecule has 1 aromatic rings. The molecule has 0 bridgehead atoms. The highest BCUT2D eigenvalue weighted by Crippen LogP contribution is 2.13. The highest BCUT2D eigenvalue weighted by atomic mass is 19.3. The van der Waals surface area contributed by atoms with Gasteiger partial charge < -0.3 is 5.32 Å². The molecular formula is C10H15F2N3. The van der Waals surface area contributed by atoms with E-state index in [2.05, 4.69) is 10.3 Å². The molecule has 1 aromatic heterocycles. The standard InChI is InChI=1S/C10H15F2N3/c1-13-10-8(4-3-5-14-10)6-15(2)7-9(11)12/h3-5,9H,6-7H2,1-2H3,(H,13,14). The van der Waals surface area contributed by atoms with Gasteiger partial charge in [-0.1, -0.05) is 6.07 Å². The van der Waals surface area contributed by atoms with Crippen molar-refractivity contribution in [1.29, 1.82) is 0 Å². The molecule has 0 aromatic carbocycles. The van der Waals surface area contributed by atoms with Crippen molar-refractivity contribution in [3.05, 3.63) is 23.9 Å². The Morgan fingerprint density at radius 3 is 2.87 bits per heavy atom. The lowest BCUT2D eigenvalue weighted by Gasteiger charge is -2.17. The van der Waals surface area contributed by atoms with Crippen LogP contribution in [0.25, 0.3) is 0 Å². The van der Waals surface area contributed by atoms with Gasteiger partial charge >= 0.3 is 0 Å². The minimum atomic E-state index is -2.30. The Morgan fingerprint density at radius 1 is 1.53 bits per heavy atom. The summed E-state index contributed by atoms with van der Waals surface area (Å²) in [5.41, 5.74) is 0.920. The summed E-state index contributed by atoms with van der Waals surface area (Å²) in [4.78, 5) is 5.68. The molecule has 0 fully saturated rings. The molecule has 3 nitrogen and oxygen atoms in total. The van der Waals surface area contributed by atoms with Crippen LogP contribution in [-0.2, 0) is 6.54 Å². The number of halogens is 2. The third kappa shape index (κ3) is 3.79. The number of aromatic nitrogens is 1. The molecule has 0 aliphatic carbocycles. The molecule has 1 rings (SSSR count). The fourth-order valence-electron chi connectivity index (χ4n) is 1.38. The zero-order valence-electron chi connectivity index (χ0n) is 8.87. The van der Waals surface area contributed by atoms with E-state index in [9.17, 15) is 8.78 Å². The van der Waals surface area contributed by atoms with Gasteiger partial charge in [0.05, 0.1) is 6.54 Å². The summed E-state index contributed by atoms with van der Waals surface area (Å²) in [7, 11) is 3.43. The lowest BCUT2D eigenvalue weighted by atomic mass is 10.2. The molecule has 0 unspecified atom stereocenters. The van der Waals surface area contributed by atoms with Crippen LogP contribution in [0.2, 0.25) is 0 Å². The lowest BCUT2D eigenvalue weighted by molar-refractivity contribution is 0.0976. The summed E-state index contributed by atoms with van der Waals surface area (Å²) in [5, 5.41) is 2.93. The highest BCUT2D eigenvalue weighted by Gasteiger charge is 2.10. The van der Waals surface area contributed by atoms with Crippen molar-refractivity contribution >= 4 is 5.82 Å². The van der Waals surface area contributed by atoms with Crippen LogP contribution in [0.15, 0.2) is 18.3 Å². The minimum absolute atomic E-state index is 0.224.